The summed E-state index contributed by atoms with van der Waals surface area (Å²) in [5.41, 5.74) is 6.10. The van der Waals surface area contributed by atoms with Crippen LogP contribution in [0.2, 0.25) is 0 Å². The zero-order chi connectivity index (χ0) is 15.4. The van der Waals surface area contributed by atoms with Crippen molar-refractivity contribution >= 4 is 22.4 Å². The second kappa shape index (κ2) is 6.80. The maximum Gasteiger partial charge on any atom is 0.191 e. The molecule has 3 heterocycles. The highest BCUT2D eigenvalue weighted by Gasteiger charge is 2.30. The van der Waals surface area contributed by atoms with Crippen LogP contribution in [0.25, 0.3) is 0 Å². The first-order valence-corrected chi connectivity index (χ1v) is 8.51. The van der Waals surface area contributed by atoms with Gasteiger partial charge in [0.25, 0.3) is 0 Å². The number of thiazole rings is 1. The van der Waals surface area contributed by atoms with Gasteiger partial charge < -0.3 is 25.0 Å². The molecule has 0 aromatic carbocycles. The Hall–Kier alpha value is -1.38. The van der Waals surface area contributed by atoms with E-state index in [2.05, 4.69) is 19.8 Å². The average molecular weight is 325 g/mol. The summed E-state index contributed by atoms with van der Waals surface area (Å²) in [4.78, 5) is 13.2. The molecule has 22 heavy (non-hydrogen) atoms. The third kappa shape index (κ3) is 3.68. The second-order valence-electron chi connectivity index (χ2n) is 5.61. The zero-order valence-corrected chi connectivity index (χ0v) is 13.7. The molecule has 2 aliphatic heterocycles. The van der Waals surface area contributed by atoms with Crippen molar-refractivity contribution < 1.29 is 9.47 Å². The molecule has 2 aliphatic rings. The first-order chi connectivity index (χ1) is 10.7. The van der Waals surface area contributed by atoms with Gasteiger partial charge in [0, 0.05) is 50.7 Å². The molecule has 3 rings (SSSR count). The summed E-state index contributed by atoms with van der Waals surface area (Å²) in [5.74, 6) is 0.119. The quantitative estimate of drug-likeness (QED) is 0.650. The van der Waals surface area contributed by atoms with Gasteiger partial charge in [-0.15, -0.1) is 11.3 Å². The van der Waals surface area contributed by atoms with Gasteiger partial charge in [0.15, 0.2) is 16.9 Å². The lowest BCUT2D eigenvalue weighted by Gasteiger charge is -2.35. The molecule has 122 valence electrons. The number of nitrogens with two attached hydrogens (primary N) is 1. The van der Waals surface area contributed by atoms with Gasteiger partial charge in [-0.25, -0.2) is 4.98 Å². The van der Waals surface area contributed by atoms with Crippen molar-refractivity contribution in [2.75, 3.05) is 50.8 Å². The Balaban J connectivity index is 1.45. The van der Waals surface area contributed by atoms with E-state index in [1.54, 1.807) is 11.3 Å². The first-order valence-electron chi connectivity index (χ1n) is 7.63. The minimum Gasteiger partial charge on any atom is -0.370 e. The molecule has 2 fully saturated rings. The Morgan fingerprint density at radius 2 is 2.09 bits per heavy atom. The van der Waals surface area contributed by atoms with E-state index in [0.29, 0.717) is 25.7 Å². The van der Waals surface area contributed by atoms with E-state index in [4.69, 9.17) is 15.2 Å². The molecule has 2 N–H and O–H groups in total. The Labute approximate surface area is 134 Å². The highest BCUT2D eigenvalue weighted by molar-refractivity contribution is 7.13. The molecule has 0 amide bonds. The number of anilines is 1. The number of piperazine rings is 1. The molecule has 2 saturated heterocycles. The van der Waals surface area contributed by atoms with Crippen molar-refractivity contribution in [3.05, 3.63) is 11.6 Å². The molecule has 1 aromatic heterocycles. The Morgan fingerprint density at radius 3 is 2.73 bits per heavy atom. The molecule has 0 bridgehead atoms. The zero-order valence-electron chi connectivity index (χ0n) is 12.9. The Kier molecular flexibility index (Phi) is 4.80. The first kappa shape index (κ1) is 15.5. The highest BCUT2D eigenvalue weighted by atomic mass is 32.1. The molecular formula is C14H23N5O2S. The molecule has 0 aliphatic carbocycles. The lowest BCUT2D eigenvalue weighted by atomic mass is 10.2. The summed E-state index contributed by atoms with van der Waals surface area (Å²) < 4.78 is 11.1. The van der Waals surface area contributed by atoms with Crippen LogP contribution in [-0.4, -0.2) is 67.6 Å². The molecule has 8 heteroatoms. The summed E-state index contributed by atoms with van der Waals surface area (Å²) in [6.45, 7) is 7.50. The summed E-state index contributed by atoms with van der Waals surface area (Å²) in [5, 5.41) is 3.09. The van der Waals surface area contributed by atoms with E-state index < -0.39 is 5.79 Å². The summed E-state index contributed by atoms with van der Waals surface area (Å²) in [6.07, 6.45) is 2.57. The third-order valence-corrected chi connectivity index (χ3v) is 4.86. The minimum absolute atomic E-state index is 0.493. The van der Waals surface area contributed by atoms with Crippen LogP contribution in [-0.2, 0) is 9.47 Å². The van der Waals surface area contributed by atoms with Gasteiger partial charge in [-0.05, 0) is 6.92 Å². The standard InChI is InChI=1S/C14H23N5O2S/c1-14(20-9-10-21-14)2-3-16-12(15)18-5-7-19(8-6-18)13-17-4-11-22-13/h4,11H,2-3,5-10H2,1H3,(H2,15,16). The number of rotatable bonds is 4. The van der Waals surface area contributed by atoms with Crippen LogP contribution >= 0.6 is 11.3 Å². The SMILES string of the molecule is CC1(CCN=C(N)N2CCN(c3nccs3)CC2)OCCO1. The summed E-state index contributed by atoms with van der Waals surface area (Å²) in [6, 6.07) is 0. The summed E-state index contributed by atoms with van der Waals surface area (Å²) in [7, 11) is 0. The fourth-order valence-electron chi connectivity index (χ4n) is 2.67. The molecule has 0 spiro atoms. The molecule has 7 nitrogen and oxygen atoms in total. The van der Waals surface area contributed by atoms with Gasteiger partial charge in [0.1, 0.15) is 0 Å². The monoisotopic (exact) mass is 325 g/mol. The van der Waals surface area contributed by atoms with E-state index in [0.717, 1.165) is 37.7 Å². The fraction of sp³-hybridized carbons (Fsp3) is 0.714. The van der Waals surface area contributed by atoms with Crippen LogP contribution in [0, 0.1) is 0 Å². The van der Waals surface area contributed by atoms with Gasteiger partial charge in [-0.2, -0.15) is 0 Å². The molecule has 0 saturated carbocycles. The largest absolute Gasteiger partial charge is 0.370 e. The van der Waals surface area contributed by atoms with Gasteiger partial charge in [0.2, 0.25) is 0 Å². The topological polar surface area (TPSA) is 76.2 Å². The molecule has 0 radical (unpaired) electrons. The lowest BCUT2D eigenvalue weighted by molar-refractivity contribution is -0.144. The van der Waals surface area contributed by atoms with E-state index >= 15 is 0 Å². The smallest absolute Gasteiger partial charge is 0.191 e. The molecule has 0 unspecified atom stereocenters. The van der Waals surface area contributed by atoms with E-state index in [1.165, 1.54) is 0 Å². The van der Waals surface area contributed by atoms with Crippen molar-refractivity contribution in [1.82, 2.24) is 9.88 Å². The van der Waals surface area contributed by atoms with Crippen LogP contribution in [0.3, 0.4) is 0 Å². The number of guanidine groups is 1. The molecular weight excluding hydrogens is 302 g/mol. The van der Waals surface area contributed by atoms with Crippen LogP contribution < -0.4 is 10.6 Å². The minimum atomic E-state index is -0.493. The fourth-order valence-corrected chi connectivity index (χ4v) is 3.37. The number of ether oxygens (including phenoxy) is 2. The van der Waals surface area contributed by atoms with Gasteiger partial charge in [0.05, 0.1) is 13.2 Å². The van der Waals surface area contributed by atoms with Gasteiger partial charge >= 0.3 is 0 Å². The lowest BCUT2D eigenvalue weighted by Crippen LogP contribution is -2.51. The average Bonchev–Trinajstić information content (AvgIpc) is 3.19. The number of aromatic nitrogens is 1. The predicted octanol–water partition coefficient (Wildman–Crippen LogP) is 0.733. The van der Waals surface area contributed by atoms with Crippen LogP contribution in [0.15, 0.2) is 16.6 Å². The second-order valence-corrected chi connectivity index (χ2v) is 6.48. The van der Waals surface area contributed by atoms with Crippen LogP contribution in [0.1, 0.15) is 13.3 Å². The Bertz CT molecular complexity index is 493. The van der Waals surface area contributed by atoms with Crippen molar-refractivity contribution in [2.24, 2.45) is 10.7 Å². The van der Waals surface area contributed by atoms with Gasteiger partial charge in [-0.1, -0.05) is 0 Å². The Morgan fingerprint density at radius 1 is 1.36 bits per heavy atom. The maximum absolute atomic E-state index is 6.10. The van der Waals surface area contributed by atoms with E-state index in [1.807, 2.05) is 18.5 Å². The van der Waals surface area contributed by atoms with Crippen LogP contribution in [0.5, 0.6) is 0 Å². The predicted molar refractivity (Wildman–Crippen MR) is 87.3 cm³/mol. The van der Waals surface area contributed by atoms with Crippen LogP contribution in [0.4, 0.5) is 5.13 Å². The highest BCUT2D eigenvalue weighted by Crippen LogP contribution is 2.22. The van der Waals surface area contributed by atoms with Crippen molar-refractivity contribution in [3.63, 3.8) is 0 Å². The van der Waals surface area contributed by atoms with Crippen molar-refractivity contribution in [3.8, 4) is 0 Å². The third-order valence-electron chi connectivity index (χ3n) is 4.03. The number of hydrogen-bond donors (Lipinski definition) is 1. The van der Waals surface area contributed by atoms with E-state index in [-0.39, 0.29) is 0 Å². The van der Waals surface area contributed by atoms with Crippen molar-refractivity contribution in [2.45, 2.75) is 19.1 Å². The van der Waals surface area contributed by atoms with E-state index in [9.17, 15) is 0 Å². The number of aliphatic imine (C=N–C) groups is 1. The van der Waals surface area contributed by atoms with Gasteiger partial charge in [-0.3, -0.25) is 4.99 Å². The number of hydrogen-bond acceptors (Lipinski definition) is 6. The van der Waals surface area contributed by atoms with Crippen molar-refractivity contribution in [1.29, 1.82) is 0 Å². The number of nitrogens with zero attached hydrogens (tertiary/aromatic N) is 4. The molecule has 1 aromatic rings. The summed E-state index contributed by atoms with van der Waals surface area (Å²) >= 11 is 1.67. The molecule has 0 atom stereocenters. The maximum atomic E-state index is 6.10. The normalized spacial score (nSPS) is 22.3.